The topological polar surface area (TPSA) is 110 Å². The third kappa shape index (κ3) is 1.63. The first-order valence-corrected chi connectivity index (χ1v) is 4.22. The van der Waals surface area contributed by atoms with E-state index >= 15 is 0 Å². The van der Waals surface area contributed by atoms with Gasteiger partial charge in [-0.1, -0.05) is 0 Å². The minimum Gasteiger partial charge on any atom is -0.273 e. The molecule has 0 atom stereocenters. The predicted octanol–water partition coefficient (Wildman–Crippen LogP) is -2.30. The second kappa shape index (κ2) is 3.50. The minimum absolute atomic E-state index is 0.571. The fourth-order valence-corrected chi connectivity index (χ4v) is 1.16. The van der Waals surface area contributed by atoms with Gasteiger partial charge in [-0.15, -0.1) is 0 Å². The lowest BCUT2D eigenvalue weighted by molar-refractivity contribution is 0.566. The highest BCUT2D eigenvalue weighted by Crippen LogP contribution is 1.75. The number of aromatic amines is 2. The molecule has 0 aliphatic rings. The molecule has 0 spiro atoms. The molecule has 2 rings (SSSR count). The van der Waals surface area contributed by atoms with E-state index in [0.717, 1.165) is 33.9 Å². The van der Waals surface area contributed by atoms with E-state index in [2.05, 4.69) is 0 Å². The van der Waals surface area contributed by atoms with Crippen molar-refractivity contribution in [3.8, 4) is 0 Å². The van der Waals surface area contributed by atoms with E-state index in [0.29, 0.717) is 0 Å². The molecule has 0 aliphatic heterocycles. The summed E-state index contributed by atoms with van der Waals surface area (Å²) in [6, 6.07) is 2.16. The van der Waals surface area contributed by atoms with Gasteiger partial charge in [0, 0.05) is 24.5 Å². The number of aromatic nitrogens is 4. The van der Waals surface area contributed by atoms with Crippen molar-refractivity contribution < 1.29 is 0 Å². The fourth-order valence-electron chi connectivity index (χ4n) is 1.16. The lowest BCUT2D eigenvalue weighted by atomic mass is 10.6. The summed E-state index contributed by atoms with van der Waals surface area (Å²) in [5.74, 6) is 0. The van der Waals surface area contributed by atoms with Gasteiger partial charge in [-0.25, -0.2) is 18.9 Å². The van der Waals surface area contributed by atoms with Crippen LogP contribution < -0.4 is 22.5 Å². The van der Waals surface area contributed by atoms with E-state index < -0.39 is 22.5 Å². The van der Waals surface area contributed by atoms with E-state index in [1.807, 2.05) is 9.97 Å². The Morgan fingerprint density at radius 3 is 1.44 bits per heavy atom. The van der Waals surface area contributed by atoms with Crippen LogP contribution in [0.25, 0.3) is 0 Å². The number of nitrogens with zero attached hydrogens (tertiary/aromatic N) is 2. The third-order valence-electron chi connectivity index (χ3n) is 1.84. The van der Waals surface area contributed by atoms with Crippen LogP contribution in [-0.4, -0.2) is 19.3 Å². The summed E-state index contributed by atoms with van der Waals surface area (Å²) >= 11 is 0. The van der Waals surface area contributed by atoms with Crippen LogP contribution in [0.5, 0.6) is 0 Å². The molecule has 0 fully saturated rings. The molecule has 0 radical (unpaired) electrons. The summed E-state index contributed by atoms with van der Waals surface area (Å²) < 4.78 is 1.72. The summed E-state index contributed by atoms with van der Waals surface area (Å²) in [4.78, 5) is 48.2. The highest BCUT2D eigenvalue weighted by molar-refractivity contribution is 4.88. The number of H-pyrrole nitrogens is 2. The minimum atomic E-state index is -0.776. The van der Waals surface area contributed by atoms with E-state index in [9.17, 15) is 19.2 Å². The fraction of sp³-hybridized carbons (Fsp3) is 0. The monoisotopic (exact) mass is 222 g/mol. The predicted molar refractivity (Wildman–Crippen MR) is 53.4 cm³/mol. The van der Waals surface area contributed by atoms with Gasteiger partial charge in [0.25, 0.3) is 11.1 Å². The summed E-state index contributed by atoms with van der Waals surface area (Å²) in [5, 5.41) is 0. The lowest BCUT2D eigenvalue weighted by Gasteiger charge is -2.05. The normalized spacial score (nSPS) is 10.2. The zero-order valence-corrected chi connectivity index (χ0v) is 7.84. The Labute approximate surface area is 86.4 Å². The molecule has 0 saturated heterocycles. The maximum absolute atomic E-state index is 11.3. The average Bonchev–Trinajstić information content (AvgIpc) is 2.19. The highest BCUT2D eigenvalue weighted by Gasteiger charge is 2.01. The van der Waals surface area contributed by atoms with Gasteiger partial charge in [0.1, 0.15) is 0 Å². The molecule has 2 N–H and O–H groups in total. The molecule has 82 valence electrons. The smallest absolute Gasteiger partial charge is 0.273 e. The number of hydrogen-bond acceptors (Lipinski definition) is 4. The van der Waals surface area contributed by atoms with E-state index in [1.54, 1.807) is 0 Å². The first kappa shape index (κ1) is 9.90. The van der Waals surface area contributed by atoms with Gasteiger partial charge in [-0.05, 0) is 0 Å². The SMILES string of the molecule is O=c1ccn(-n2ccc(=O)[nH]c2=O)c(=O)[nH]1. The molecule has 2 heterocycles. The standard InChI is InChI=1S/C8H6N4O4/c13-5-1-3-11(7(15)9-5)12-4-2-6(14)10-8(12)16/h1-4H,(H,9,13,15)(H,10,14,16). The van der Waals surface area contributed by atoms with E-state index in [4.69, 9.17) is 0 Å². The molecular weight excluding hydrogens is 216 g/mol. The summed E-state index contributed by atoms with van der Waals surface area (Å²) in [5.41, 5.74) is -2.69. The van der Waals surface area contributed by atoms with Crippen LogP contribution in [0.15, 0.2) is 43.7 Å². The maximum Gasteiger partial charge on any atom is 0.347 e. The van der Waals surface area contributed by atoms with Crippen LogP contribution in [0.2, 0.25) is 0 Å². The Morgan fingerprint density at radius 1 is 0.750 bits per heavy atom. The third-order valence-corrected chi connectivity index (χ3v) is 1.84. The molecule has 0 aromatic carbocycles. The molecular formula is C8H6N4O4. The van der Waals surface area contributed by atoms with Crippen LogP contribution in [0.1, 0.15) is 0 Å². The molecule has 0 bridgehead atoms. The van der Waals surface area contributed by atoms with Crippen molar-refractivity contribution in [1.82, 2.24) is 19.3 Å². The Hall–Kier alpha value is -2.64. The van der Waals surface area contributed by atoms with Crippen LogP contribution >= 0.6 is 0 Å². The lowest BCUT2D eigenvalue weighted by Crippen LogP contribution is -2.40. The quantitative estimate of drug-likeness (QED) is 0.565. The van der Waals surface area contributed by atoms with Gasteiger partial charge in [-0.2, -0.15) is 0 Å². The van der Waals surface area contributed by atoms with Crippen molar-refractivity contribution in [3.63, 3.8) is 0 Å². The van der Waals surface area contributed by atoms with Crippen molar-refractivity contribution in [2.75, 3.05) is 0 Å². The molecule has 16 heavy (non-hydrogen) atoms. The number of nitrogens with one attached hydrogen (secondary N) is 2. The largest absolute Gasteiger partial charge is 0.347 e. The Morgan fingerprint density at radius 2 is 1.12 bits per heavy atom. The van der Waals surface area contributed by atoms with Crippen molar-refractivity contribution in [2.45, 2.75) is 0 Å². The van der Waals surface area contributed by atoms with Crippen LogP contribution in [0, 0.1) is 0 Å². The molecule has 0 unspecified atom stereocenters. The highest BCUT2D eigenvalue weighted by atomic mass is 16.2. The van der Waals surface area contributed by atoms with Crippen molar-refractivity contribution >= 4 is 0 Å². The zero-order chi connectivity index (χ0) is 11.7. The molecule has 0 saturated carbocycles. The van der Waals surface area contributed by atoms with Gasteiger partial charge in [0.2, 0.25) is 0 Å². The van der Waals surface area contributed by atoms with Crippen molar-refractivity contribution in [1.29, 1.82) is 0 Å². The first-order chi connectivity index (χ1) is 7.58. The summed E-state index contributed by atoms with van der Waals surface area (Å²) in [6.45, 7) is 0. The van der Waals surface area contributed by atoms with Gasteiger partial charge < -0.3 is 0 Å². The van der Waals surface area contributed by atoms with Crippen LogP contribution in [0.4, 0.5) is 0 Å². The molecule has 8 nitrogen and oxygen atoms in total. The number of rotatable bonds is 1. The van der Waals surface area contributed by atoms with Crippen molar-refractivity contribution in [3.05, 3.63) is 66.2 Å². The van der Waals surface area contributed by atoms with Crippen molar-refractivity contribution in [2.24, 2.45) is 0 Å². The molecule has 0 aliphatic carbocycles. The second-order valence-electron chi connectivity index (χ2n) is 2.91. The summed E-state index contributed by atoms with van der Waals surface area (Å²) in [7, 11) is 0. The van der Waals surface area contributed by atoms with Gasteiger partial charge in [-0.3, -0.25) is 19.6 Å². The van der Waals surface area contributed by atoms with E-state index in [-0.39, 0.29) is 0 Å². The Bertz CT molecular complexity index is 682. The Kier molecular flexibility index (Phi) is 2.16. The first-order valence-electron chi connectivity index (χ1n) is 4.22. The van der Waals surface area contributed by atoms with E-state index in [1.165, 1.54) is 0 Å². The van der Waals surface area contributed by atoms with Gasteiger partial charge >= 0.3 is 11.4 Å². The zero-order valence-electron chi connectivity index (χ0n) is 7.84. The molecule has 8 heteroatoms. The average molecular weight is 222 g/mol. The number of hydrogen-bond donors (Lipinski definition) is 2. The summed E-state index contributed by atoms with van der Waals surface area (Å²) in [6.07, 6.45) is 2.25. The molecule has 2 aromatic rings. The maximum atomic E-state index is 11.3. The second-order valence-corrected chi connectivity index (χ2v) is 2.91. The molecule has 0 amide bonds. The van der Waals surface area contributed by atoms with Gasteiger partial charge in [0.15, 0.2) is 0 Å². The molecule has 2 aromatic heterocycles. The van der Waals surface area contributed by atoms with Crippen LogP contribution in [-0.2, 0) is 0 Å². The Balaban J connectivity index is 2.78. The van der Waals surface area contributed by atoms with Crippen LogP contribution in [0.3, 0.4) is 0 Å². The van der Waals surface area contributed by atoms with Gasteiger partial charge in [0.05, 0.1) is 0 Å².